The molecule has 8 aromatic carbocycles. The van der Waals surface area contributed by atoms with Gasteiger partial charge in [-0.2, -0.15) is 0 Å². The van der Waals surface area contributed by atoms with Gasteiger partial charge in [-0.25, -0.2) is 0 Å². The van der Waals surface area contributed by atoms with Gasteiger partial charge in [0.2, 0.25) is 59.9 Å². The molecule has 0 aliphatic carbocycles. The number of aromatic nitrogens is 10. The fourth-order valence-corrected chi connectivity index (χ4v) is 8.63. The fraction of sp³-hybridized carbons (Fsp3) is 0. The van der Waals surface area contributed by atoms with E-state index in [2.05, 4.69) is 75.3 Å². The van der Waals surface area contributed by atoms with Crippen LogP contribution in [0.15, 0.2) is 229 Å². The van der Waals surface area contributed by atoms with Crippen molar-refractivity contribution in [3.05, 3.63) is 251 Å². The molecular weight excluding hydrogens is 1010 g/mol. The largest absolute Gasteiger partial charge is 0.423 e. The van der Waals surface area contributed by atoms with Crippen molar-refractivity contribution in [2.75, 3.05) is 0 Å². The molecule has 81 heavy (non-hydrogen) atoms. The highest BCUT2D eigenvalue weighted by molar-refractivity contribution is 5.76. The maximum absolute atomic E-state index is 6.11. The second-order valence-corrected chi connectivity index (χ2v) is 18.5. The highest BCUT2D eigenvalue weighted by atomic mass is 16.4. The Hall–Kier alpha value is -11.6. The van der Waals surface area contributed by atoms with Crippen molar-refractivity contribution >= 4 is 48.6 Å². The Morgan fingerprint density at radius 3 is 0.494 bits per heavy atom. The molecule has 0 radical (unpaired) electrons. The van der Waals surface area contributed by atoms with Crippen molar-refractivity contribution < 1.29 is 22.1 Å². The van der Waals surface area contributed by atoms with Gasteiger partial charge in [0.1, 0.15) is 0 Å². The zero-order valence-electron chi connectivity index (χ0n) is 42.8. The minimum Gasteiger partial charge on any atom is -0.423 e. The van der Waals surface area contributed by atoms with Gasteiger partial charge in [0.25, 0.3) is 0 Å². The smallest absolute Gasteiger partial charge is 0.248 e. The molecule has 0 saturated heterocycles. The zero-order valence-corrected chi connectivity index (χ0v) is 42.8. The first-order valence-electron chi connectivity index (χ1n) is 25.6. The lowest BCUT2D eigenvalue weighted by atomic mass is 10.1. The number of hydrogen-bond acceptors (Lipinski definition) is 15. The van der Waals surface area contributed by atoms with Crippen LogP contribution >= 0.6 is 0 Å². The van der Waals surface area contributed by atoms with E-state index < -0.39 is 0 Å². The van der Waals surface area contributed by atoms with Gasteiger partial charge in [-0.1, -0.05) is 146 Å². The van der Waals surface area contributed by atoms with Gasteiger partial charge in [0.05, 0.1) is 0 Å². The second kappa shape index (κ2) is 22.6. The molecule has 0 N–H and O–H groups in total. The van der Waals surface area contributed by atoms with E-state index in [4.69, 9.17) is 22.1 Å². The van der Waals surface area contributed by atoms with Crippen molar-refractivity contribution in [2.24, 2.45) is 0 Å². The Morgan fingerprint density at radius 2 is 0.346 bits per heavy atom. The number of rotatable bonds is 16. The molecule has 0 atom stereocenters. The Morgan fingerprint density at radius 1 is 0.185 bits per heavy atom. The Balaban J connectivity index is 0.569. The first-order valence-corrected chi connectivity index (χ1v) is 25.6. The summed E-state index contributed by atoms with van der Waals surface area (Å²) < 4.78 is 28.8. The Kier molecular flexibility index (Phi) is 13.7. The summed E-state index contributed by atoms with van der Waals surface area (Å²) in [5.74, 6) is 3.66. The van der Waals surface area contributed by atoms with Gasteiger partial charge in [0.15, 0.2) is 0 Å². The van der Waals surface area contributed by atoms with Crippen LogP contribution in [0.5, 0.6) is 0 Å². The van der Waals surface area contributed by atoms with E-state index in [0.717, 1.165) is 89.0 Å². The van der Waals surface area contributed by atoms with E-state index >= 15 is 0 Å². The summed E-state index contributed by atoms with van der Waals surface area (Å²) in [6.45, 7) is 0. The number of hydrogen-bond donors (Lipinski definition) is 0. The Labute approximate surface area is 462 Å². The van der Waals surface area contributed by atoms with Crippen molar-refractivity contribution in [1.82, 2.24) is 51.0 Å². The predicted octanol–water partition coefficient (Wildman–Crippen LogP) is 15.6. The number of nitrogens with zero attached hydrogens (tertiary/aromatic N) is 10. The van der Waals surface area contributed by atoms with E-state index in [1.165, 1.54) is 12.8 Å². The van der Waals surface area contributed by atoms with Crippen molar-refractivity contribution in [3.63, 3.8) is 0 Å². The molecule has 13 rings (SSSR count). The maximum atomic E-state index is 6.11. The topological polar surface area (TPSA) is 195 Å². The van der Waals surface area contributed by atoms with E-state index in [1.54, 1.807) is 0 Å². The van der Waals surface area contributed by atoms with Gasteiger partial charge in [-0.15, -0.1) is 51.0 Å². The third-order valence-corrected chi connectivity index (χ3v) is 13.1. The molecule has 15 heteroatoms. The summed E-state index contributed by atoms with van der Waals surface area (Å²) in [6, 6.07) is 63.7. The average Bonchev–Trinajstić information content (AvgIpc) is 4.43. The molecule has 0 saturated carbocycles. The van der Waals surface area contributed by atoms with Crippen LogP contribution in [0.4, 0.5) is 0 Å². The van der Waals surface area contributed by atoms with Gasteiger partial charge in [-0.05, 0) is 142 Å². The molecular formula is C66H42N10O5. The second-order valence-electron chi connectivity index (χ2n) is 18.5. The standard InChI is InChI=1S/C66H42N10O5/c1(43-9-25-51(26-10-43)59-69-67-41-77-59)3-45-13-29-53(30-14-45)61-71-73-63(79-61)55-33-17-47(18-34-55)5-7-49-21-37-57(38-22-49)65-75-76-66(81-65)58-39-23-50(24-40-58)8-6-48-19-35-56(36-20-48)64-74-72-62(80-64)54-31-15-46(16-32-54)4-2-44-11-27-52(28-12-44)60-70-68-42-78-60/h1-42H/b3-1+,4-2+,7-5+,8-6+. The highest BCUT2D eigenvalue weighted by Crippen LogP contribution is 2.30. The zero-order chi connectivity index (χ0) is 54.2. The van der Waals surface area contributed by atoms with Crippen LogP contribution < -0.4 is 0 Å². The molecule has 0 unspecified atom stereocenters. The number of benzene rings is 8. The summed E-state index contributed by atoms with van der Waals surface area (Å²) >= 11 is 0. The first kappa shape index (κ1) is 49.0. The lowest BCUT2D eigenvalue weighted by Crippen LogP contribution is -1.80. The molecule has 386 valence electrons. The average molecular weight is 1060 g/mol. The molecule has 0 fully saturated rings. The van der Waals surface area contributed by atoms with Crippen LogP contribution in [-0.2, 0) is 0 Å². The lowest BCUT2D eigenvalue weighted by Gasteiger charge is -2.00. The fourth-order valence-electron chi connectivity index (χ4n) is 8.63. The minimum atomic E-state index is 0.441. The van der Waals surface area contributed by atoms with Crippen LogP contribution in [0.2, 0.25) is 0 Å². The van der Waals surface area contributed by atoms with Gasteiger partial charge < -0.3 is 22.1 Å². The van der Waals surface area contributed by atoms with Crippen LogP contribution in [0.1, 0.15) is 44.5 Å². The molecule has 0 spiro atoms. The third-order valence-electron chi connectivity index (χ3n) is 13.1. The van der Waals surface area contributed by atoms with Crippen LogP contribution in [0.25, 0.3) is 140 Å². The molecule has 5 heterocycles. The summed E-state index contributed by atoms with van der Waals surface area (Å²) in [6.07, 6.45) is 19.0. The van der Waals surface area contributed by atoms with Crippen LogP contribution in [0, 0.1) is 0 Å². The summed E-state index contributed by atoms with van der Waals surface area (Å²) in [7, 11) is 0. The molecule has 15 nitrogen and oxygen atoms in total. The quantitative estimate of drug-likeness (QED) is 0.0828. The van der Waals surface area contributed by atoms with E-state index in [9.17, 15) is 0 Å². The normalized spacial score (nSPS) is 11.8. The van der Waals surface area contributed by atoms with Gasteiger partial charge >= 0.3 is 0 Å². The van der Waals surface area contributed by atoms with Crippen molar-refractivity contribution in [3.8, 4) is 91.6 Å². The lowest BCUT2D eigenvalue weighted by molar-refractivity contribution is 0.568. The van der Waals surface area contributed by atoms with Crippen molar-refractivity contribution in [2.45, 2.75) is 0 Å². The summed E-state index contributed by atoms with van der Waals surface area (Å²) in [5.41, 5.74) is 15.0. The minimum absolute atomic E-state index is 0.441. The monoisotopic (exact) mass is 1050 g/mol. The van der Waals surface area contributed by atoms with Gasteiger partial charge in [-0.3, -0.25) is 0 Å². The summed E-state index contributed by atoms with van der Waals surface area (Å²) in [5, 5.41) is 41.3. The van der Waals surface area contributed by atoms with E-state index in [0.29, 0.717) is 47.1 Å². The van der Waals surface area contributed by atoms with E-state index in [-0.39, 0.29) is 0 Å². The third kappa shape index (κ3) is 11.6. The van der Waals surface area contributed by atoms with Crippen molar-refractivity contribution in [1.29, 1.82) is 0 Å². The maximum Gasteiger partial charge on any atom is 0.248 e. The van der Waals surface area contributed by atoms with Crippen LogP contribution in [-0.4, -0.2) is 51.0 Å². The molecule has 0 aliphatic rings. The SMILES string of the molecule is C(=C\c1ccc(-c2nnc(-c3ccc(/C=C/c4ccc(-c5nnc(-c6ccc(/C=C/c7ccc(-c8nnc(-c9ccc(/C=C/c%10ccc(-c%11nnco%11)cc%10)cc9)o8)cc7)cc6)o5)cc4)cc3)o2)cc1)/c1ccc(-c2nnco2)cc1. The summed E-state index contributed by atoms with van der Waals surface area (Å²) in [4.78, 5) is 0. The predicted molar refractivity (Wildman–Crippen MR) is 311 cm³/mol. The van der Waals surface area contributed by atoms with Gasteiger partial charge in [0, 0.05) is 44.5 Å². The molecule has 0 bridgehead atoms. The van der Waals surface area contributed by atoms with Crippen LogP contribution in [0.3, 0.4) is 0 Å². The molecule has 0 amide bonds. The van der Waals surface area contributed by atoms with E-state index in [1.807, 2.05) is 218 Å². The first-order chi connectivity index (χ1) is 40.0. The highest BCUT2D eigenvalue weighted by Gasteiger charge is 2.14. The molecule has 0 aliphatic heterocycles. The molecule has 13 aromatic rings. The molecule has 5 aromatic heterocycles. The Bertz CT molecular complexity index is 4030.